The molecule has 0 saturated heterocycles. The van der Waals surface area contributed by atoms with Gasteiger partial charge in [0.05, 0.1) is 5.60 Å². The molecule has 1 atom stereocenters. The van der Waals surface area contributed by atoms with Crippen molar-refractivity contribution in [2.75, 3.05) is 6.54 Å². The highest BCUT2D eigenvalue weighted by molar-refractivity contribution is 5.85. The lowest BCUT2D eigenvalue weighted by atomic mass is 10.0. The standard InChI is InChI=1S/C6H13NO.ClH/c1-3-4-6(2,8)5-7;/h3,8H,1,4-5,7H2,2H3;1H. The molecule has 3 heteroatoms. The summed E-state index contributed by atoms with van der Waals surface area (Å²) in [5, 5.41) is 9.13. The topological polar surface area (TPSA) is 46.2 Å². The van der Waals surface area contributed by atoms with Crippen LogP contribution in [0, 0.1) is 0 Å². The van der Waals surface area contributed by atoms with E-state index in [-0.39, 0.29) is 12.4 Å². The zero-order valence-electron chi connectivity index (χ0n) is 5.63. The molecule has 1 unspecified atom stereocenters. The molecular formula is C6H14ClNO. The minimum absolute atomic E-state index is 0. The lowest BCUT2D eigenvalue weighted by molar-refractivity contribution is 0.0726. The summed E-state index contributed by atoms with van der Waals surface area (Å²) in [6.45, 7) is 5.46. The summed E-state index contributed by atoms with van der Waals surface area (Å²) in [5.74, 6) is 0. The Hall–Kier alpha value is -0.0500. The van der Waals surface area contributed by atoms with Crippen LogP contribution in [0.1, 0.15) is 13.3 Å². The maximum atomic E-state index is 9.13. The molecule has 0 fully saturated rings. The maximum Gasteiger partial charge on any atom is 0.0775 e. The summed E-state index contributed by atoms with van der Waals surface area (Å²) < 4.78 is 0. The van der Waals surface area contributed by atoms with Gasteiger partial charge in [-0.3, -0.25) is 0 Å². The molecule has 0 rings (SSSR count). The maximum absolute atomic E-state index is 9.13. The molecule has 0 saturated carbocycles. The molecule has 56 valence electrons. The Morgan fingerprint density at radius 3 is 2.33 bits per heavy atom. The Balaban J connectivity index is 0. The normalized spacial score (nSPS) is 15.4. The van der Waals surface area contributed by atoms with Gasteiger partial charge in [0.15, 0.2) is 0 Å². The van der Waals surface area contributed by atoms with Crippen molar-refractivity contribution < 1.29 is 5.11 Å². The Kier molecular flexibility index (Phi) is 6.24. The van der Waals surface area contributed by atoms with Gasteiger partial charge in [-0.2, -0.15) is 0 Å². The van der Waals surface area contributed by atoms with E-state index in [1.54, 1.807) is 13.0 Å². The predicted molar refractivity (Wildman–Crippen MR) is 41.7 cm³/mol. The van der Waals surface area contributed by atoms with Crippen LogP contribution >= 0.6 is 12.4 Å². The van der Waals surface area contributed by atoms with Crippen LogP contribution in [0.25, 0.3) is 0 Å². The van der Waals surface area contributed by atoms with Gasteiger partial charge in [-0.05, 0) is 13.3 Å². The number of aliphatic hydroxyl groups is 1. The average molecular weight is 152 g/mol. The van der Waals surface area contributed by atoms with E-state index >= 15 is 0 Å². The highest BCUT2D eigenvalue weighted by atomic mass is 35.5. The number of nitrogens with two attached hydrogens (primary N) is 1. The first-order chi connectivity index (χ1) is 3.62. The molecule has 0 radical (unpaired) electrons. The summed E-state index contributed by atoms with van der Waals surface area (Å²) in [5.41, 5.74) is 4.45. The van der Waals surface area contributed by atoms with Crippen LogP contribution in [0.3, 0.4) is 0 Å². The second-order valence-electron chi connectivity index (χ2n) is 2.19. The van der Waals surface area contributed by atoms with Gasteiger partial charge in [0.25, 0.3) is 0 Å². The Morgan fingerprint density at radius 1 is 1.78 bits per heavy atom. The first kappa shape index (κ1) is 11.7. The fourth-order valence-corrected chi connectivity index (χ4v) is 0.394. The largest absolute Gasteiger partial charge is 0.389 e. The number of hydrogen-bond donors (Lipinski definition) is 2. The molecule has 0 heterocycles. The predicted octanol–water partition coefficient (Wildman–Crippen LogP) is 0.694. The Morgan fingerprint density at radius 2 is 2.22 bits per heavy atom. The fraction of sp³-hybridized carbons (Fsp3) is 0.667. The van der Waals surface area contributed by atoms with Crippen molar-refractivity contribution in [2.24, 2.45) is 5.73 Å². The van der Waals surface area contributed by atoms with E-state index in [0.717, 1.165) is 0 Å². The number of hydrogen-bond acceptors (Lipinski definition) is 2. The lowest BCUT2D eigenvalue weighted by Crippen LogP contribution is -2.33. The van der Waals surface area contributed by atoms with Crippen LogP contribution < -0.4 is 5.73 Å². The van der Waals surface area contributed by atoms with E-state index in [2.05, 4.69) is 6.58 Å². The summed E-state index contributed by atoms with van der Waals surface area (Å²) in [6, 6.07) is 0. The molecule has 3 N–H and O–H groups in total. The van der Waals surface area contributed by atoms with Crippen LogP contribution in [-0.2, 0) is 0 Å². The molecular weight excluding hydrogens is 138 g/mol. The van der Waals surface area contributed by atoms with Crippen molar-refractivity contribution in [2.45, 2.75) is 18.9 Å². The molecule has 0 spiro atoms. The SMILES string of the molecule is C=CCC(C)(O)CN.Cl. The summed E-state index contributed by atoms with van der Waals surface area (Å²) in [6.07, 6.45) is 2.22. The van der Waals surface area contributed by atoms with Crippen LogP contribution in [0.4, 0.5) is 0 Å². The molecule has 2 nitrogen and oxygen atoms in total. The Bertz CT molecular complexity index is 83.1. The second-order valence-corrected chi connectivity index (χ2v) is 2.19. The van der Waals surface area contributed by atoms with E-state index < -0.39 is 5.60 Å². The van der Waals surface area contributed by atoms with Crippen molar-refractivity contribution in [3.8, 4) is 0 Å². The summed E-state index contributed by atoms with van der Waals surface area (Å²) >= 11 is 0. The third kappa shape index (κ3) is 5.83. The lowest BCUT2D eigenvalue weighted by Gasteiger charge is -2.17. The first-order valence-electron chi connectivity index (χ1n) is 2.66. The molecule has 0 aromatic carbocycles. The van der Waals surface area contributed by atoms with Gasteiger partial charge >= 0.3 is 0 Å². The minimum Gasteiger partial charge on any atom is -0.389 e. The van der Waals surface area contributed by atoms with Crippen molar-refractivity contribution in [3.63, 3.8) is 0 Å². The number of rotatable bonds is 3. The first-order valence-corrected chi connectivity index (χ1v) is 2.66. The van der Waals surface area contributed by atoms with Crippen LogP contribution in [-0.4, -0.2) is 17.3 Å². The summed E-state index contributed by atoms with van der Waals surface area (Å²) in [7, 11) is 0. The van der Waals surface area contributed by atoms with Crippen molar-refractivity contribution in [1.82, 2.24) is 0 Å². The zero-order valence-corrected chi connectivity index (χ0v) is 6.45. The third-order valence-corrected chi connectivity index (χ3v) is 1.02. The molecule has 0 bridgehead atoms. The minimum atomic E-state index is -0.748. The van der Waals surface area contributed by atoms with Gasteiger partial charge in [-0.1, -0.05) is 6.08 Å². The molecule has 0 amide bonds. The monoisotopic (exact) mass is 151 g/mol. The molecule has 0 aliphatic rings. The van der Waals surface area contributed by atoms with Gasteiger partial charge in [0, 0.05) is 6.54 Å². The van der Waals surface area contributed by atoms with E-state index in [1.807, 2.05) is 0 Å². The van der Waals surface area contributed by atoms with Crippen LogP contribution in [0.15, 0.2) is 12.7 Å². The van der Waals surface area contributed by atoms with E-state index in [1.165, 1.54) is 0 Å². The Labute approximate surface area is 62.2 Å². The molecule has 9 heavy (non-hydrogen) atoms. The van der Waals surface area contributed by atoms with Gasteiger partial charge in [-0.25, -0.2) is 0 Å². The molecule has 0 aliphatic carbocycles. The van der Waals surface area contributed by atoms with Crippen LogP contribution in [0.2, 0.25) is 0 Å². The quantitative estimate of drug-likeness (QED) is 0.584. The smallest absolute Gasteiger partial charge is 0.0775 e. The van der Waals surface area contributed by atoms with E-state index in [0.29, 0.717) is 13.0 Å². The molecule has 0 aromatic rings. The third-order valence-electron chi connectivity index (χ3n) is 1.02. The van der Waals surface area contributed by atoms with Crippen molar-refractivity contribution >= 4 is 12.4 Å². The summed E-state index contributed by atoms with van der Waals surface area (Å²) in [4.78, 5) is 0. The number of halogens is 1. The zero-order chi connectivity index (χ0) is 6.62. The van der Waals surface area contributed by atoms with Gasteiger partial charge in [0.1, 0.15) is 0 Å². The van der Waals surface area contributed by atoms with Gasteiger partial charge < -0.3 is 10.8 Å². The molecule has 0 aliphatic heterocycles. The second kappa shape index (κ2) is 4.79. The fourth-order valence-electron chi connectivity index (χ4n) is 0.394. The van der Waals surface area contributed by atoms with E-state index in [4.69, 9.17) is 10.8 Å². The van der Waals surface area contributed by atoms with Crippen molar-refractivity contribution in [1.29, 1.82) is 0 Å². The van der Waals surface area contributed by atoms with E-state index in [9.17, 15) is 0 Å². The highest BCUT2D eigenvalue weighted by Crippen LogP contribution is 2.05. The highest BCUT2D eigenvalue weighted by Gasteiger charge is 2.14. The van der Waals surface area contributed by atoms with Crippen LogP contribution in [0.5, 0.6) is 0 Å². The van der Waals surface area contributed by atoms with Gasteiger partial charge in [-0.15, -0.1) is 19.0 Å². The van der Waals surface area contributed by atoms with Gasteiger partial charge in [0.2, 0.25) is 0 Å². The van der Waals surface area contributed by atoms with Crippen molar-refractivity contribution in [3.05, 3.63) is 12.7 Å². The average Bonchev–Trinajstić information content (AvgIpc) is 1.67. The molecule has 0 aromatic heterocycles.